The number of rotatable bonds is 4. The summed E-state index contributed by atoms with van der Waals surface area (Å²) in [6, 6.07) is 12.7. The lowest BCUT2D eigenvalue weighted by Crippen LogP contribution is -2.32. The van der Waals surface area contributed by atoms with E-state index in [1.807, 2.05) is 28.8 Å². The summed E-state index contributed by atoms with van der Waals surface area (Å²) in [5, 5.41) is 14.7. The minimum Gasteiger partial charge on any atom is -0.389 e. The molecule has 5 rings (SSSR count). The Balaban J connectivity index is 1.58. The number of hydrogen-bond donors (Lipinski definition) is 2. The summed E-state index contributed by atoms with van der Waals surface area (Å²) < 4.78 is 3.46. The van der Waals surface area contributed by atoms with E-state index in [1.54, 1.807) is 61.3 Å². The number of pyridine rings is 1. The van der Waals surface area contributed by atoms with Crippen molar-refractivity contribution in [2.45, 2.75) is 26.0 Å². The molecule has 0 aliphatic rings. The predicted octanol–water partition coefficient (Wildman–Crippen LogP) is 2.59. The molecule has 9 nitrogen and oxygen atoms in total. The highest BCUT2D eigenvalue weighted by atomic mass is 16.3. The molecule has 0 bridgehead atoms. The number of H-pyrrole nitrogens is 1. The molecule has 5 aromatic rings. The third kappa shape index (κ3) is 3.69. The number of imidazole rings is 1. The molecule has 0 saturated carbocycles. The largest absolute Gasteiger partial charge is 0.389 e. The van der Waals surface area contributed by atoms with Gasteiger partial charge in [-0.05, 0) is 44.2 Å². The fourth-order valence-corrected chi connectivity index (χ4v) is 3.63. The maximum absolute atomic E-state index is 13.1. The zero-order valence-electron chi connectivity index (χ0n) is 17.6. The number of aliphatic hydroxyl groups is 1. The van der Waals surface area contributed by atoms with Crippen molar-refractivity contribution < 1.29 is 9.90 Å². The van der Waals surface area contributed by atoms with Gasteiger partial charge < -0.3 is 14.7 Å². The highest BCUT2D eigenvalue weighted by Gasteiger charge is 2.18. The van der Waals surface area contributed by atoms with Crippen molar-refractivity contribution in [2.24, 2.45) is 4.99 Å². The number of amides is 1. The minimum atomic E-state index is -0.983. The van der Waals surface area contributed by atoms with Gasteiger partial charge in [0.1, 0.15) is 0 Å². The lowest BCUT2D eigenvalue weighted by molar-refractivity contribution is 0.0612. The first-order chi connectivity index (χ1) is 15.4. The van der Waals surface area contributed by atoms with Gasteiger partial charge in [-0.25, -0.2) is 9.50 Å². The van der Waals surface area contributed by atoms with Gasteiger partial charge in [0.15, 0.2) is 5.65 Å². The molecule has 0 saturated heterocycles. The monoisotopic (exact) mass is 427 g/mol. The Bertz CT molecular complexity index is 1520. The zero-order valence-corrected chi connectivity index (χ0v) is 17.6. The lowest BCUT2D eigenvalue weighted by Gasteiger charge is -2.18. The van der Waals surface area contributed by atoms with E-state index in [4.69, 9.17) is 0 Å². The summed E-state index contributed by atoms with van der Waals surface area (Å²) in [6.07, 6.45) is 6.72. The molecule has 0 radical (unpaired) electrons. The topological polar surface area (TPSA) is 113 Å². The second-order valence-electron chi connectivity index (χ2n) is 8.16. The number of aromatic amines is 1. The van der Waals surface area contributed by atoms with Crippen molar-refractivity contribution in [3.8, 4) is 11.3 Å². The van der Waals surface area contributed by atoms with Crippen LogP contribution in [0.25, 0.3) is 27.9 Å². The third-order valence-electron chi connectivity index (χ3n) is 5.01. The molecule has 1 aromatic carbocycles. The number of fused-ring (bicyclic) bond motifs is 2. The molecule has 1 amide bonds. The van der Waals surface area contributed by atoms with E-state index in [-0.39, 0.29) is 6.54 Å². The minimum absolute atomic E-state index is 0.277. The molecule has 160 valence electrons. The number of hydrogen-bond acceptors (Lipinski definition) is 5. The van der Waals surface area contributed by atoms with Gasteiger partial charge in [-0.3, -0.25) is 9.78 Å². The molecular formula is C23H21N7O2. The molecule has 2 N–H and O–H groups in total. The Labute approximate surface area is 182 Å². The van der Waals surface area contributed by atoms with Crippen LogP contribution in [-0.4, -0.2) is 45.7 Å². The fraction of sp³-hybridized carbons (Fsp3) is 0.174. The second-order valence-corrected chi connectivity index (χ2v) is 8.16. The van der Waals surface area contributed by atoms with Crippen LogP contribution in [0.4, 0.5) is 0 Å². The van der Waals surface area contributed by atoms with Gasteiger partial charge in [-0.2, -0.15) is 10.1 Å². The van der Waals surface area contributed by atoms with Crippen molar-refractivity contribution in [2.75, 3.05) is 0 Å². The van der Waals surface area contributed by atoms with E-state index < -0.39 is 11.5 Å². The van der Waals surface area contributed by atoms with Gasteiger partial charge in [-0.15, -0.1) is 0 Å². The van der Waals surface area contributed by atoms with E-state index in [9.17, 15) is 9.90 Å². The number of carbonyl (C=O) groups excluding carboxylic acids is 1. The first-order valence-electron chi connectivity index (χ1n) is 10.1. The molecule has 4 aromatic heterocycles. The first kappa shape index (κ1) is 19.8. The Morgan fingerprint density at radius 3 is 2.84 bits per heavy atom. The molecule has 0 fully saturated rings. The van der Waals surface area contributed by atoms with E-state index >= 15 is 0 Å². The van der Waals surface area contributed by atoms with Crippen LogP contribution < -0.4 is 5.62 Å². The van der Waals surface area contributed by atoms with Gasteiger partial charge in [0.05, 0.1) is 40.6 Å². The molecule has 4 heterocycles. The molecule has 0 atom stereocenters. The molecular weight excluding hydrogens is 406 g/mol. The predicted molar refractivity (Wildman–Crippen MR) is 119 cm³/mol. The summed E-state index contributed by atoms with van der Waals surface area (Å²) >= 11 is 0. The van der Waals surface area contributed by atoms with Gasteiger partial charge in [0, 0.05) is 24.2 Å². The smallest absolute Gasteiger partial charge is 0.280 e. The Kier molecular flexibility index (Phi) is 4.67. The highest BCUT2D eigenvalue weighted by Crippen LogP contribution is 2.22. The maximum atomic E-state index is 13.1. The van der Waals surface area contributed by atoms with Gasteiger partial charge in [0.25, 0.3) is 5.91 Å². The normalized spacial score (nSPS) is 12.7. The van der Waals surface area contributed by atoms with Gasteiger partial charge >= 0.3 is 0 Å². The number of carbonyl (C=O) groups is 1. The summed E-state index contributed by atoms with van der Waals surface area (Å²) in [5.74, 6) is -0.422. The molecule has 0 unspecified atom stereocenters. The van der Waals surface area contributed by atoms with Crippen LogP contribution in [0.15, 0.2) is 72.2 Å². The maximum Gasteiger partial charge on any atom is 0.280 e. The SMILES string of the molecule is CC(C)(O)Cn1/c(=N/C(=O)c2ccnc(-c3cnn4cccnc34)c2)[nH]c2ccccc21. The molecule has 0 spiro atoms. The number of nitrogens with zero attached hydrogens (tertiary/aromatic N) is 6. The van der Waals surface area contributed by atoms with E-state index in [0.29, 0.717) is 22.5 Å². The molecule has 9 heteroatoms. The van der Waals surface area contributed by atoms with E-state index in [0.717, 1.165) is 16.6 Å². The van der Waals surface area contributed by atoms with Gasteiger partial charge in [-0.1, -0.05) is 12.1 Å². The molecule has 0 aliphatic carbocycles. The van der Waals surface area contributed by atoms with E-state index in [1.165, 1.54) is 0 Å². The Morgan fingerprint density at radius 2 is 2.00 bits per heavy atom. The van der Waals surface area contributed by atoms with Crippen LogP contribution in [-0.2, 0) is 6.54 Å². The quantitative estimate of drug-likeness (QED) is 0.458. The number of nitrogens with one attached hydrogen (secondary N) is 1. The summed E-state index contributed by atoms with van der Waals surface area (Å²) in [6.45, 7) is 3.71. The van der Waals surface area contributed by atoms with Crippen LogP contribution in [0.5, 0.6) is 0 Å². The Morgan fingerprint density at radius 1 is 1.16 bits per heavy atom. The van der Waals surface area contributed by atoms with Crippen molar-refractivity contribution in [3.05, 3.63) is 78.4 Å². The summed E-state index contributed by atoms with van der Waals surface area (Å²) in [7, 11) is 0. The zero-order chi connectivity index (χ0) is 22.3. The summed E-state index contributed by atoms with van der Waals surface area (Å²) in [5.41, 5.74) is 3.42. The number of para-hydroxylation sites is 2. The van der Waals surface area contributed by atoms with Crippen molar-refractivity contribution in [1.29, 1.82) is 0 Å². The van der Waals surface area contributed by atoms with Crippen LogP contribution in [0.2, 0.25) is 0 Å². The van der Waals surface area contributed by atoms with Crippen LogP contribution in [0, 0.1) is 0 Å². The van der Waals surface area contributed by atoms with Gasteiger partial charge in [0.2, 0.25) is 5.62 Å². The Hall–Kier alpha value is -4.11. The third-order valence-corrected chi connectivity index (χ3v) is 5.01. The fourth-order valence-electron chi connectivity index (χ4n) is 3.63. The average molecular weight is 427 g/mol. The number of aromatic nitrogens is 6. The lowest BCUT2D eigenvalue weighted by atomic mass is 10.1. The van der Waals surface area contributed by atoms with Crippen LogP contribution in [0.3, 0.4) is 0 Å². The highest BCUT2D eigenvalue weighted by molar-refractivity contribution is 5.96. The summed E-state index contributed by atoms with van der Waals surface area (Å²) in [4.78, 5) is 29.3. The van der Waals surface area contributed by atoms with E-state index in [2.05, 4.69) is 25.0 Å². The standard InChI is InChI=1S/C23H21N7O2/c1-23(2,32)14-29-19-7-4-3-6-17(19)27-22(29)28-21(31)15-8-10-24-18(12-15)16-13-26-30-11-5-9-25-20(16)30/h3-13,32H,14H2,1-2H3,(H,27,28,31). The van der Waals surface area contributed by atoms with Crippen molar-refractivity contribution in [3.63, 3.8) is 0 Å². The van der Waals surface area contributed by atoms with Crippen molar-refractivity contribution >= 4 is 22.6 Å². The first-order valence-corrected chi connectivity index (χ1v) is 10.1. The van der Waals surface area contributed by atoms with Crippen LogP contribution in [0.1, 0.15) is 24.2 Å². The second kappa shape index (κ2) is 7.54. The molecule has 32 heavy (non-hydrogen) atoms. The van der Waals surface area contributed by atoms with Crippen LogP contribution >= 0.6 is 0 Å². The van der Waals surface area contributed by atoms with Crippen molar-refractivity contribution in [1.82, 2.24) is 29.1 Å². The number of benzene rings is 1. The average Bonchev–Trinajstić information content (AvgIpc) is 3.35. The molecule has 0 aliphatic heterocycles.